The summed E-state index contributed by atoms with van der Waals surface area (Å²) in [6, 6.07) is 22.8. The Morgan fingerprint density at radius 3 is 2.44 bits per heavy atom. The Morgan fingerprint density at radius 1 is 0.840 bits per heavy atom. The molecule has 0 radical (unpaired) electrons. The third-order valence-corrected chi connectivity index (χ3v) is 4.71. The molecule has 0 amide bonds. The van der Waals surface area contributed by atoms with Crippen molar-refractivity contribution in [1.29, 1.82) is 0 Å². The molecule has 0 unspecified atom stereocenters. The molecule has 0 saturated heterocycles. The average molecular weight is 346 g/mol. The van der Waals surface area contributed by atoms with Crippen LogP contribution < -0.4 is 5.56 Å². The second kappa shape index (κ2) is 5.19. The Kier molecular flexibility index (Phi) is 2.96. The van der Waals surface area contributed by atoms with Gasteiger partial charge in [0.25, 0.3) is 5.56 Å². The van der Waals surface area contributed by atoms with Crippen LogP contribution >= 0.6 is 11.6 Å². The van der Waals surface area contributed by atoms with Crippen LogP contribution in [0.1, 0.15) is 0 Å². The summed E-state index contributed by atoms with van der Waals surface area (Å²) in [4.78, 5) is 18.0. The van der Waals surface area contributed by atoms with Gasteiger partial charge >= 0.3 is 0 Å². The maximum absolute atomic E-state index is 13.2. The first-order valence-electron chi connectivity index (χ1n) is 7.92. The van der Waals surface area contributed by atoms with E-state index in [0.717, 1.165) is 16.6 Å². The molecule has 0 bridgehead atoms. The van der Waals surface area contributed by atoms with Crippen molar-refractivity contribution < 1.29 is 0 Å². The second-order valence-electron chi connectivity index (χ2n) is 5.85. The summed E-state index contributed by atoms with van der Waals surface area (Å²) in [6.07, 6.45) is 0. The first kappa shape index (κ1) is 14.3. The molecule has 5 heteroatoms. The average Bonchev–Trinajstić information content (AvgIpc) is 2.98. The summed E-state index contributed by atoms with van der Waals surface area (Å²) in [5, 5.41) is 1.93. The Bertz CT molecular complexity index is 1320. The maximum Gasteiger partial charge on any atom is 0.281 e. The highest BCUT2D eigenvalue weighted by Crippen LogP contribution is 2.30. The van der Waals surface area contributed by atoms with E-state index in [9.17, 15) is 4.79 Å². The van der Waals surface area contributed by atoms with Crippen molar-refractivity contribution in [2.24, 2.45) is 0 Å². The largest absolute Gasteiger partial charge is 0.281 e. The SMILES string of the molecule is O=c1c2ccccc2nc2c3c(Cl)cccc3n(-c3ccccc3)n12. The van der Waals surface area contributed by atoms with Crippen molar-refractivity contribution in [3.8, 4) is 5.69 Å². The van der Waals surface area contributed by atoms with Crippen LogP contribution in [0.3, 0.4) is 0 Å². The van der Waals surface area contributed by atoms with E-state index in [1.165, 1.54) is 0 Å². The lowest BCUT2D eigenvalue weighted by atomic mass is 10.2. The molecule has 2 heterocycles. The first-order chi connectivity index (χ1) is 12.3. The topological polar surface area (TPSA) is 39.3 Å². The molecule has 0 fully saturated rings. The minimum atomic E-state index is -0.114. The predicted octanol–water partition coefficient (Wildman–Crippen LogP) is 4.45. The van der Waals surface area contributed by atoms with Crippen LogP contribution in [0.15, 0.2) is 77.6 Å². The van der Waals surface area contributed by atoms with Crippen LogP contribution in [-0.4, -0.2) is 14.2 Å². The van der Waals surface area contributed by atoms with E-state index in [1.807, 2.05) is 71.4 Å². The lowest BCUT2D eigenvalue weighted by molar-refractivity contribution is 0.794. The zero-order valence-electron chi connectivity index (χ0n) is 13.1. The highest BCUT2D eigenvalue weighted by molar-refractivity contribution is 6.36. The number of halogens is 1. The molecule has 0 aliphatic rings. The molecule has 3 aromatic carbocycles. The number of hydrogen-bond acceptors (Lipinski definition) is 2. The number of aromatic nitrogens is 3. The van der Waals surface area contributed by atoms with Gasteiger partial charge in [-0.15, -0.1) is 0 Å². The Labute approximate surface area is 147 Å². The molecule has 5 aromatic rings. The Balaban J connectivity index is 2.13. The standard InChI is InChI=1S/C20H12ClN3O/c21-15-10-6-12-17-18(15)19-22-16-11-5-4-9-14(16)20(25)24(19)23(17)13-7-2-1-3-8-13/h1-12H. The zero-order valence-corrected chi connectivity index (χ0v) is 13.8. The lowest BCUT2D eigenvalue weighted by Gasteiger charge is -2.08. The van der Waals surface area contributed by atoms with Crippen LogP contribution in [0.5, 0.6) is 0 Å². The van der Waals surface area contributed by atoms with Crippen LogP contribution in [0, 0.1) is 0 Å². The van der Waals surface area contributed by atoms with E-state index in [-0.39, 0.29) is 5.56 Å². The molecular weight excluding hydrogens is 334 g/mol. The van der Waals surface area contributed by atoms with Gasteiger partial charge in [0.2, 0.25) is 0 Å². The monoisotopic (exact) mass is 345 g/mol. The highest BCUT2D eigenvalue weighted by atomic mass is 35.5. The van der Waals surface area contributed by atoms with E-state index < -0.39 is 0 Å². The molecule has 0 aliphatic carbocycles. The van der Waals surface area contributed by atoms with Crippen LogP contribution in [0.4, 0.5) is 0 Å². The molecule has 5 rings (SSSR count). The number of para-hydroxylation sites is 2. The van der Waals surface area contributed by atoms with Crippen molar-refractivity contribution in [1.82, 2.24) is 14.2 Å². The van der Waals surface area contributed by atoms with E-state index in [4.69, 9.17) is 16.6 Å². The summed E-state index contributed by atoms with van der Waals surface area (Å²) in [5.74, 6) is 0. The number of fused-ring (bicyclic) bond motifs is 4. The van der Waals surface area contributed by atoms with Gasteiger partial charge in [0, 0.05) is 0 Å². The normalized spacial score (nSPS) is 11.6. The molecule has 0 saturated carbocycles. The third kappa shape index (κ3) is 1.95. The molecule has 0 N–H and O–H groups in total. The summed E-state index contributed by atoms with van der Waals surface area (Å²) >= 11 is 6.47. The smallest absolute Gasteiger partial charge is 0.267 e. The molecule has 0 spiro atoms. The molecule has 0 atom stereocenters. The van der Waals surface area contributed by atoms with Crippen molar-refractivity contribution in [2.75, 3.05) is 0 Å². The Hall–Kier alpha value is -3.11. The van der Waals surface area contributed by atoms with Gasteiger partial charge in [-0.3, -0.25) is 4.79 Å². The van der Waals surface area contributed by atoms with Gasteiger partial charge in [-0.25, -0.2) is 9.67 Å². The van der Waals surface area contributed by atoms with E-state index >= 15 is 0 Å². The van der Waals surface area contributed by atoms with Gasteiger partial charge in [0.15, 0.2) is 5.65 Å². The first-order valence-corrected chi connectivity index (χ1v) is 8.29. The van der Waals surface area contributed by atoms with Gasteiger partial charge in [-0.2, -0.15) is 4.52 Å². The molecule has 4 nitrogen and oxygen atoms in total. The van der Waals surface area contributed by atoms with Crippen LogP contribution in [0.25, 0.3) is 33.1 Å². The van der Waals surface area contributed by atoms with Crippen molar-refractivity contribution >= 4 is 39.1 Å². The fourth-order valence-corrected chi connectivity index (χ4v) is 3.57. The van der Waals surface area contributed by atoms with Crippen molar-refractivity contribution in [2.45, 2.75) is 0 Å². The van der Waals surface area contributed by atoms with E-state index in [1.54, 1.807) is 10.6 Å². The summed E-state index contributed by atoms with van der Waals surface area (Å²) in [7, 11) is 0. The number of hydrogen-bond donors (Lipinski definition) is 0. The zero-order chi connectivity index (χ0) is 17.0. The van der Waals surface area contributed by atoms with E-state index in [0.29, 0.717) is 21.6 Å². The summed E-state index contributed by atoms with van der Waals surface area (Å²) < 4.78 is 3.48. The van der Waals surface area contributed by atoms with Gasteiger partial charge in [0.05, 0.1) is 32.5 Å². The quantitative estimate of drug-likeness (QED) is 0.450. The maximum atomic E-state index is 13.2. The third-order valence-electron chi connectivity index (χ3n) is 4.40. The second-order valence-corrected chi connectivity index (χ2v) is 6.26. The van der Waals surface area contributed by atoms with Crippen LogP contribution in [0.2, 0.25) is 5.02 Å². The number of nitrogens with zero attached hydrogens (tertiary/aromatic N) is 3. The van der Waals surface area contributed by atoms with Crippen molar-refractivity contribution in [3.05, 3.63) is 88.2 Å². The predicted molar refractivity (Wildman–Crippen MR) is 101 cm³/mol. The van der Waals surface area contributed by atoms with Gasteiger partial charge < -0.3 is 0 Å². The van der Waals surface area contributed by atoms with Gasteiger partial charge in [-0.05, 0) is 36.4 Å². The molecule has 0 aliphatic heterocycles. The summed E-state index contributed by atoms with van der Waals surface area (Å²) in [6.45, 7) is 0. The minimum Gasteiger partial charge on any atom is -0.267 e. The fraction of sp³-hybridized carbons (Fsp3) is 0. The Morgan fingerprint density at radius 2 is 1.60 bits per heavy atom. The van der Waals surface area contributed by atoms with Crippen molar-refractivity contribution in [3.63, 3.8) is 0 Å². The molecular formula is C20H12ClN3O. The number of benzene rings is 3. The molecule has 120 valence electrons. The van der Waals surface area contributed by atoms with E-state index in [2.05, 4.69) is 0 Å². The van der Waals surface area contributed by atoms with Gasteiger partial charge in [0.1, 0.15) is 0 Å². The number of rotatable bonds is 1. The lowest BCUT2D eigenvalue weighted by Crippen LogP contribution is -2.20. The summed E-state index contributed by atoms with van der Waals surface area (Å²) in [5.41, 5.74) is 2.84. The minimum absolute atomic E-state index is 0.114. The highest BCUT2D eigenvalue weighted by Gasteiger charge is 2.18. The fourth-order valence-electron chi connectivity index (χ4n) is 3.31. The van der Waals surface area contributed by atoms with Gasteiger partial charge in [-0.1, -0.05) is 48.0 Å². The molecule has 2 aromatic heterocycles. The molecule has 25 heavy (non-hydrogen) atoms. The van der Waals surface area contributed by atoms with Crippen LogP contribution in [-0.2, 0) is 0 Å².